The van der Waals surface area contributed by atoms with Crippen molar-refractivity contribution in [1.82, 2.24) is 4.57 Å². The van der Waals surface area contributed by atoms with Gasteiger partial charge in [-0.05, 0) is 40.4 Å². The first-order valence-corrected chi connectivity index (χ1v) is 25.0. The molecule has 64 heavy (non-hydrogen) atoms. The van der Waals surface area contributed by atoms with Crippen LogP contribution in [0.15, 0.2) is 140 Å². The molecule has 0 radical (unpaired) electrons. The molecule has 338 valence electrons. The van der Waals surface area contributed by atoms with Gasteiger partial charge < -0.3 is 42.8 Å². The Balaban J connectivity index is 1.29. The smallest absolute Gasteiger partial charge is 0.454 e. The number of nitrogens with zero attached hydrogens (tertiary/aromatic N) is 1. The molecule has 1 fully saturated rings. The van der Waals surface area contributed by atoms with Crippen LogP contribution in [0.5, 0.6) is 11.5 Å². The minimum absolute atomic E-state index is 0.00795. The molecule has 2 heterocycles. The maximum Gasteiger partial charge on any atom is 0.454 e. The SMILES string of the molecule is C[Si](C)(C)CCOCn1cc(C(=O)C(F)(F)F)c2c(O[C@@H]3O[C@H](COCc4ccccc4)[C@@H](OCc4ccccc4)[C@H](OCc4ccccc4)[C@H]3O)c(OCc3ccccc3)ccc21. The molecule has 0 bridgehead atoms. The third-order valence-corrected chi connectivity index (χ3v) is 12.4. The lowest BCUT2D eigenvalue weighted by atomic mass is 9.98. The van der Waals surface area contributed by atoms with Crippen LogP contribution in [0.2, 0.25) is 25.7 Å². The summed E-state index contributed by atoms with van der Waals surface area (Å²) >= 11 is 0. The molecule has 0 aliphatic carbocycles. The first-order valence-electron chi connectivity index (χ1n) is 21.3. The number of aromatic nitrogens is 1. The van der Waals surface area contributed by atoms with Crippen LogP contribution >= 0.6 is 0 Å². The lowest BCUT2D eigenvalue weighted by Crippen LogP contribution is -2.61. The number of rotatable bonds is 21. The number of alkyl halides is 3. The van der Waals surface area contributed by atoms with Gasteiger partial charge in [-0.25, -0.2) is 0 Å². The number of carbonyl (C=O) groups excluding carboxylic acids is 1. The molecule has 1 aliphatic heterocycles. The van der Waals surface area contributed by atoms with E-state index in [1.807, 2.05) is 121 Å². The molecule has 0 spiro atoms. The number of ketones is 1. The molecule has 1 aliphatic rings. The first-order chi connectivity index (χ1) is 30.8. The van der Waals surface area contributed by atoms with E-state index >= 15 is 0 Å². The van der Waals surface area contributed by atoms with Crippen molar-refractivity contribution < 1.29 is 56.2 Å². The van der Waals surface area contributed by atoms with Crippen molar-refractivity contribution in [3.63, 3.8) is 0 Å². The highest BCUT2D eigenvalue weighted by Crippen LogP contribution is 2.43. The Labute approximate surface area is 372 Å². The van der Waals surface area contributed by atoms with Crippen molar-refractivity contribution >= 4 is 24.8 Å². The zero-order valence-electron chi connectivity index (χ0n) is 36.1. The van der Waals surface area contributed by atoms with E-state index in [9.17, 15) is 23.1 Å². The number of benzene rings is 5. The maximum atomic E-state index is 14.5. The zero-order chi connectivity index (χ0) is 45.1. The second-order valence-electron chi connectivity index (χ2n) is 16.9. The van der Waals surface area contributed by atoms with E-state index in [-0.39, 0.29) is 62.2 Å². The molecular weight excluding hydrogens is 844 g/mol. The molecular formula is C50H54F3NO9Si. The van der Waals surface area contributed by atoms with E-state index in [0.717, 1.165) is 34.5 Å². The summed E-state index contributed by atoms with van der Waals surface area (Å²) in [5, 5.41) is 12.2. The highest BCUT2D eigenvalue weighted by atomic mass is 28.3. The summed E-state index contributed by atoms with van der Waals surface area (Å²) < 4.78 is 89.6. The Morgan fingerprint density at radius 3 is 1.78 bits per heavy atom. The summed E-state index contributed by atoms with van der Waals surface area (Å²) in [7, 11) is -1.50. The minimum Gasteiger partial charge on any atom is -0.485 e. The molecule has 1 N–H and O–H groups in total. The number of ether oxygens (including phenoxy) is 7. The zero-order valence-corrected chi connectivity index (χ0v) is 37.1. The van der Waals surface area contributed by atoms with Gasteiger partial charge >= 0.3 is 6.18 Å². The topological polar surface area (TPSA) is 107 Å². The molecule has 1 aromatic heterocycles. The van der Waals surface area contributed by atoms with Crippen LogP contribution in [0.1, 0.15) is 32.6 Å². The van der Waals surface area contributed by atoms with Crippen molar-refractivity contribution in [1.29, 1.82) is 0 Å². The van der Waals surface area contributed by atoms with Gasteiger partial charge in [0.25, 0.3) is 5.78 Å². The fourth-order valence-corrected chi connectivity index (χ4v) is 8.07. The van der Waals surface area contributed by atoms with Gasteiger partial charge in [-0.3, -0.25) is 4.79 Å². The Hall–Kier alpha value is -5.32. The summed E-state index contributed by atoms with van der Waals surface area (Å²) in [6.07, 6.45) is -10.2. The van der Waals surface area contributed by atoms with Crippen molar-refractivity contribution in [3.05, 3.63) is 167 Å². The average Bonchev–Trinajstić information content (AvgIpc) is 3.66. The lowest BCUT2D eigenvalue weighted by Gasteiger charge is -2.44. The summed E-state index contributed by atoms with van der Waals surface area (Å²) in [6, 6.07) is 41.6. The molecule has 5 atom stereocenters. The monoisotopic (exact) mass is 897 g/mol. The largest absolute Gasteiger partial charge is 0.485 e. The van der Waals surface area contributed by atoms with Gasteiger partial charge in [0, 0.05) is 20.9 Å². The highest BCUT2D eigenvalue weighted by Gasteiger charge is 2.49. The molecule has 7 rings (SSSR count). The quantitative estimate of drug-likeness (QED) is 0.0429. The van der Waals surface area contributed by atoms with Gasteiger partial charge in [0.05, 0.1) is 42.9 Å². The van der Waals surface area contributed by atoms with Crippen LogP contribution in [-0.4, -0.2) is 73.6 Å². The van der Waals surface area contributed by atoms with E-state index in [1.54, 1.807) is 12.1 Å². The van der Waals surface area contributed by atoms with E-state index in [1.165, 1.54) is 4.57 Å². The van der Waals surface area contributed by atoms with Gasteiger partial charge in [0.15, 0.2) is 11.5 Å². The van der Waals surface area contributed by atoms with Crippen LogP contribution < -0.4 is 9.47 Å². The molecule has 14 heteroatoms. The average molecular weight is 898 g/mol. The fraction of sp³-hybridized carbons (Fsp3) is 0.340. The van der Waals surface area contributed by atoms with Crippen molar-refractivity contribution in [2.45, 2.75) is 95.7 Å². The number of aliphatic hydroxyl groups is 1. The van der Waals surface area contributed by atoms with Crippen molar-refractivity contribution in [3.8, 4) is 11.5 Å². The number of carbonyl (C=O) groups is 1. The van der Waals surface area contributed by atoms with E-state index in [2.05, 4.69) is 19.6 Å². The van der Waals surface area contributed by atoms with Crippen LogP contribution in [0.3, 0.4) is 0 Å². The number of hydrogen-bond acceptors (Lipinski definition) is 9. The normalized spacial score (nSPS) is 19.1. The van der Waals surface area contributed by atoms with Gasteiger partial charge in [-0.2, -0.15) is 13.2 Å². The van der Waals surface area contributed by atoms with Crippen molar-refractivity contribution in [2.24, 2.45) is 0 Å². The minimum atomic E-state index is -5.24. The predicted octanol–water partition coefficient (Wildman–Crippen LogP) is 10.1. The second kappa shape index (κ2) is 21.6. The predicted molar refractivity (Wildman–Crippen MR) is 239 cm³/mol. The van der Waals surface area contributed by atoms with Gasteiger partial charge in [-0.15, -0.1) is 0 Å². The molecule has 0 saturated carbocycles. The molecule has 0 amide bonds. The summed E-state index contributed by atoms with van der Waals surface area (Å²) in [4.78, 5) is 13.3. The fourth-order valence-electron chi connectivity index (χ4n) is 7.32. The molecule has 5 aromatic carbocycles. The maximum absolute atomic E-state index is 14.5. The summed E-state index contributed by atoms with van der Waals surface area (Å²) in [6.45, 7) is 7.23. The standard InChI is InChI=1S/C50H54F3NO9Si/c1-64(2,3)27-26-57-34-54-28-39(48(56)50(51,52)53)43-40(54)24-25-41(59-30-36-18-10-5-11-19-36)45(43)63-49-44(55)47(61-32-38-22-14-7-15-23-38)46(60-31-37-20-12-6-13-21-37)42(62-49)33-58-29-35-16-8-4-9-17-35/h4-25,28,42,44,46-47,49,55H,26-27,29-34H2,1-3H3/t42-,44-,46-,47-,49+/m1/s1. The number of aliphatic hydroxyl groups excluding tert-OH is 1. The molecule has 1 saturated heterocycles. The number of hydrogen-bond donors (Lipinski definition) is 1. The van der Waals surface area contributed by atoms with E-state index in [0.29, 0.717) is 6.61 Å². The Kier molecular flexibility index (Phi) is 15.7. The summed E-state index contributed by atoms with van der Waals surface area (Å²) in [5.74, 6) is -2.30. The summed E-state index contributed by atoms with van der Waals surface area (Å²) in [5.41, 5.74) is 2.91. The Bertz CT molecular complexity index is 2380. The van der Waals surface area contributed by atoms with Gasteiger partial charge in [-0.1, -0.05) is 141 Å². The van der Waals surface area contributed by atoms with Gasteiger partial charge in [0.1, 0.15) is 37.8 Å². The van der Waals surface area contributed by atoms with Crippen LogP contribution in [0, 0.1) is 0 Å². The molecule has 0 unspecified atom stereocenters. The number of halogens is 3. The van der Waals surface area contributed by atoms with Crippen LogP contribution in [0.4, 0.5) is 13.2 Å². The third kappa shape index (κ3) is 12.5. The van der Waals surface area contributed by atoms with Crippen LogP contribution in [0.25, 0.3) is 10.9 Å². The van der Waals surface area contributed by atoms with Gasteiger partial charge in [0.2, 0.25) is 6.29 Å². The van der Waals surface area contributed by atoms with Crippen LogP contribution in [-0.2, 0) is 56.8 Å². The molecule has 10 nitrogen and oxygen atoms in total. The third-order valence-electron chi connectivity index (χ3n) is 10.7. The number of fused-ring (bicyclic) bond motifs is 1. The Morgan fingerprint density at radius 2 is 1.23 bits per heavy atom. The second-order valence-corrected chi connectivity index (χ2v) is 22.5. The Morgan fingerprint density at radius 1 is 0.703 bits per heavy atom. The number of Topliss-reactive ketones (excluding diaryl/α,β-unsaturated/α-hetero) is 1. The van der Waals surface area contributed by atoms with E-state index in [4.69, 9.17) is 33.2 Å². The molecule has 6 aromatic rings. The van der Waals surface area contributed by atoms with E-state index < -0.39 is 56.3 Å². The lowest BCUT2D eigenvalue weighted by molar-refractivity contribution is -0.299. The van der Waals surface area contributed by atoms with Crippen molar-refractivity contribution in [2.75, 3.05) is 13.2 Å². The first kappa shape index (κ1) is 46.7. The highest BCUT2D eigenvalue weighted by molar-refractivity contribution is 6.76.